The predicted molar refractivity (Wildman–Crippen MR) is 84.2 cm³/mol. The molecule has 0 radical (unpaired) electrons. The molecule has 8 heteroatoms. The Hall–Kier alpha value is -2.48. The molecule has 122 valence electrons. The number of hydrogen-bond acceptors (Lipinski definition) is 6. The molecule has 2 aromatic rings. The summed E-state index contributed by atoms with van der Waals surface area (Å²) in [6, 6.07) is 5.10. The summed E-state index contributed by atoms with van der Waals surface area (Å²) in [4.78, 5) is 15.1. The SMILES string of the molecule is COCc1nc2n(n1)CCCC2Nc1ccc([N+](=O)[O-])c(C)c1. The minimum Gasteiger partial charge on any atom is -0.377 e. The van der Waals surface area contributed by atoms with E-state index >= 15 is 0 Å². The van der Waals surface area contributed by atoms with E-state index in [1.807, 2.05) is 4.68 Å². The second-order valence-electron chi connectivity index (χ2n) is 5.64. The minimum absolute atomic E-state index is 0.0442. The van der Waals surface area contributed by atoms with Crippen molar-refractivity contribution in [3.05, 3.63) is 45.5 Å². The lowest BCUT2D eigenvalue weighted by atomic mass is 10.1. The van der Waals surface area contributed by atoms with Gasteiger partial charge in [-0.2, -0.15) is 5.10 Å². The van der Waals surface area contributed by atoms with Crippen LogP contribution in [-0.2, 0) is 17.9 Å². The van der Waals surface area contributed by atoms with E-state index in [1.165, 1.54) is 6.07 Å². The molecule has 2 heterocycles. The van der Waals surface area contributed by atoms with Crippen molar-refractivity contribution in [2.45, 2.75) is 39.0 Å². The molecule has 1 aromatic carbocycles. The number of benzene rings is 1. The number of aromatic nitrogens is 3. The molecular weight excluding hydrogens is 298 g/mol. The van der Waals surface area contributed by atoms with Crippen LogP contribution in [0.3, 0.4) is 0 Å². The summed E-state index contributed by atoms with van der Waals surface area (Å²) in [5.74, 6) is 1.57. The van der Waals surface area contributed by atoms with Crippen LogP contribution in [0.25, 0.3) is 0 Å². The second-order valence-corrected chi connectivity index (χ2v) is 5.64. The van der Waals surface area contributed by atoms with Crippen molar-refractivity contribution >= 4 is 11.4 Å². The van der Waals surface area contributed by atoms with Gasteiger partial charge in [0.05, 0.1) is 11.0 Å². The van der Waals surface area contributed by atoms with E-state index < -0.39 is 0 Å². The van der Waals surface area contributed by atoms with Gasteiger partial charge in [0, 0.05) is 31.0 Å². The fraction of sp³-hybridized carbons (Fsp3) is 0.467. The average molecular weight is 317 g/mol. The number of fused-ring (bicyclic) bond motifs is 1. The molecule has 0 saturated carbocycles. The highest BCUT2D eigenvalue weighted by Crippen LogP contribution is 2.29. The summed E-state index contributed by atoms with van der Waals surface area (Å²) in [5.41, 5.74) is 1.62. The summed E-state index contributed by atoms with van der Waals surface area (Å²) in [7, 11) is 1.62. The maximum absolute atomic E-state index is 10.9. The van der Waals surface area contributed by atoms with E-state index in [2.05, 4.69) is 15.4 Å². The molecule has 0 amide bonds. The van der Waals surface area contributed by atoms with Gasteiger partial charge in [-0.15, -0.1) is 0 Å². The molecule has 1 N–H and O–H groups in total. The average Bonchev–Trinajstić information content (AvgIpc) is 2.91. The van der Waals surface area contributed by atoms with Crippen molar-refractivity contribution in [3.8, 4) is 0 Å². The molecule has 0 spiro atoms. The maximum atomic E-state index is 10.9. The van der Waals surface area contributed by atoms with E-state index in [9.17, 15) is 10.1 Å². The fourth-order valence-corrected chi connectivity index (χ4v) is 2.88. The van der Waals surface area contributed by atoms with Gasteiger partial charge in [0.2, 0.25) is 0 Å². The Morgan fingerprint density at radius 2 is 2.35 bits per heavy atom. The molecule has 8 nitrogen and oxygen atoms in total. The molecule has 23 heavy (non-hydrogen) atoms. The van der Waals surface area contributed by atoms with E-state index in [0.717, 1.165) is 30.9 Å². The summed E-state index contributed by atoms with van der Waals surface area (Å²) in [6.45, 7) is 2.98. The van der Waals surface area contributed by atoms with Crippen LogP contribution in [-0.4, -0.2) is 26.8 Å². The maximum Gasteiger partial charge on any atom is 0.272 e. The monoisotopic (exact) mass is 317 g/mol. The smallest absolute Gasteiger partial charge is 0.272 e. The number of aryl methyl sites for hydroxylation is 2. The number of hydrogen-bond donors (Lipinski definition) is 1. The first-order chi connectivity index (χ1) is 11.1. The van der Waals surface area contributed by atoms with Gasteiger partial charge in [-0.1, -0.05) is 0 Å². The van der Waals surface area contributed by atoms with Gasteiger partial charge >= 0.3 is 0 Å². The Morgan fingerprint density at radius 3 is 3.04 bits per heavy atom. The van der Waals surface area contributed by atoms with Crippen molar-refractivity contribution in [1.29, 1.82) is 0 Å². The van der Waals surface area contributed by atoms with E-state index in [-0.39, 0.29) is 16.7 Å². The number of nitro groups is 1. The number of nitrogens with one attached hydrogen (secondary N) is 1. The van der Waals surface area contributed by atoms with Gasteiger partial charge in [-0.25, -0.2) is 9.67 Å². The first kappa shape index (κ1) is 15.4. The molecule has 1 aliphatic rings. The standard InChI is InChI=1S/C15H19N5O3/c1-10-8-11(5-6-13(10)20(21)22)16-12-4-3-7-19-15(12)17-14(18-19)9-23-2/h5-6,8,12,16H,3-4,7,9H2,1-2H3. The summed E-state index contributed by atoms with van der Waals surface area (Å²) < 4.78 is 7.00. The van der Waals surface area contributed by atoms with Crippen molar-refractivity contribution in [2.24, 2.45) is 0 Å². The van der Waals surface area contributed by atoms with Gasteiger partial charge in [0.1, 0.15) is 12.4 Å². The number of anilines is 1. The van der Waals surface area contributed by atoms with Gasteiger partial charge in [-0.05, 0) is 31.9 Å². The number of ether oxygens (including phenoxy) is 1. The molecular formula is C15H19N5O3. The minimum atomic E-state index is -0.368. The lowest BCUT2D eigenvalue weighted by molar-refractivity contribution is -0.385. The Bertz CT molecular complexity index is 728. The largest absolute Gasteiger partial charge is 0.377 e. The molecule has 0 aliphatic carbocycles. The first-order valence-corrected chi connectivity index (χ1v) is 7.52. The van der Waals surface area contributed by atoms with Crippen molar-refractivity contribution in [1.82, 2.24) is 14.8 Å². The molecule has 1 atom stereocenters. The molecule has 1 aromatic heterocycles. The Labute approximate surface area is 133 Å². The highest BCUT2D eigenvalue weighted by molar-refractivity contribution is 5.54. The lowest BCUT2D eigenvalue weighted by Crippen LogP contribution is -2.22. The van der Waals surface area contributed by atoms with Crippen LogP contribution >= 0.6 is 0 Å². The summed E-state index contributed by atoms with van der Waals surface area (Å²) in [5, 5.41) is 18.8. The molecule has 1 unspecified atom stereocenters. The summed E-state index contributed by atoms with van der Waals surface area (Å²) in [6.07, 6.45) is 1.95. The number of rotatable bonds is 5. The zero-order chi connectivity index (χ0) is 16.4. The Morgan fingerprint density at radius 1 is 1.52 bits per heavy atom. The van der Waals surface area contributed by atoms with Crippen LogP contribution in [0.5, 0.6) is 0 Å². The normalized spacial score (nSPS) is 16.9. The molecule has 1 aliphatic heterocycles. The summed E-state index contributed by atoms with van der Waals surface area (Å²) >= 11 is 0. The van der Waals surface area contributed by atoms with Crippen molar-refractivity contribution in [2.75, 3.05) is 12.4 Å². The van der Waals surface area contributed by atoms with Crippen LogP contribution in [0.1, 0.15) is 36.1 Å². The molecule has 3 rings (SSSR count). The van der Waals surface area contributed by atoms with Crippen LogP contribution in [0, 0.1) is 17.0 Å². The molecule has 0 saturated heterocycles. The van der Waals surface area contributed by atoms with Crippen LogP contribution in [0.2, 0.25) is 0 Å². The highest BCUT2D eigenvalue weighted by atomic mass is 16.6. The van der Waals surface area contributed by atoms with Gasteiger partial charge in [0.15, 0.2) is 5.82 Å². The number of nitro benzene ring substituents is 1. The van der Waals surface area contributed by atoms with Crippen LogP contribution < -0.4 is 5.32 Å². The topological polar surface area (TPSA) is 95.1 Å². The first-order valence-electron chi connectivity index (χ1n) is 7.52. The van der Waals surface area contributed by atoms with Gasteiger partial charge in [-0.3, -0.25) is 10.1 Å². The van der Waals surface area contributed by atoms with Crippen LogP contribution in [0.15, 0.2) is 18.2 Å². The Balaban J connectivity index is 1.82. The molecule has 0 bridgehead atoms. The van der Waals surface area contributed by atoms with Gasteiger partial charge in [0.25, 0.3) is 5.69 Å². The number of methoxy groups -OCH3 is 1. The highest BCUT2D eigenvalue weighted by Gasteiger charge is 2.24. The Kier molecular flexibility index (Phi) is 4.24. The van der Waals surface area contributed by atoms with Crippen molar-refractivity contribution in [3.63, 3.8) is 0 Å². The van der Waals surface area contributed by atoms with E-state index in [1.54, 1.807) is 26.2 Å². The van der Waals surface area contributed by atoms with E-state index in [0.29, 0.717) is 18.0 Å². The van der Waals surface area contributed by atoms with E-state index in [4.69, 9.17) is 4.74 Å². The third-order valence-electron chi connectivity index (χ3n) is 3.93. The fourth-order valence-electron chi connectivity index (χ4n) is 2.88. The van der Waals surface area contributed by atoms with Crippen molar-refractivity contribution < 1.29 is 9.66 Å². The predicted octanol–water partition coefficient (Wildman–Crippen LogP) is 2.59. The lowest BCUT2D eigenvalue weighted by Gasteiger charge is -2.24. The third-order valence-corrected chi connectivity index (χ3v) is 3.93. The second kappa shape index (κ2) is 6.33. The quantitative estimate of drug-likeness (QED) is 0.672. The molecule has 0 fully saturated rings. The number of nitrogens with zero attached hydrogens (tertiary/aromatic N) is 4. The zero-order valence-electron chi connectivity index (χ0n) is 13.2. The third kappa shape index (κ3) is 3.16. The van der Waals surface area contributed by atoms with Crippen LogP contribution in [0.4, 0.5) is 11.4 Å². The zero-order valence-corrected chi connectivity index (χ0v) is 13.2. The van der Waals surface area contributed by atoms with Gasteiger partial charge < -0.3 is 10.1 Å².